The third kappa shape index (κ3) is 3.49. The van der Waals surface area contributed by atoms with Crippen molar-refractivity contribution in [2.45, 2.75) is 44.6 Å². The van der Waals surface area contributed by atoms with Crippen molar-refractivity contribution >= 4 is 17.6 Å². The average molecular weight is 317 g/mol. The average Bonchev–Trinajstić information content (AvgIpc) is 2.97. The van der Waals surface area contributed by atoms with Crippen LogP contribution >= 0.6 is 0 Å². The molecule has 5 heteroatoms. The molecule has 1 atom stereocenters. The number of hydrogen-bond donors (Lipinski definition) is 0. The number of anilines is 1. The predicted octanol–water partition coefficient (Wildman–Crippen LogP) is 2.92. The number of ether oxygens (including phenoxy) is 2. The zero-order valence-electron chi connectivity index (χ0n) is 13.5. The highest BCUT2D eigenvalue weighted by Crippen LogP contribution is 2.33. The lowest BCUT2D eigenvalue weighted by atomic mass is 9.97. The molecule has 1 saturated carbocycles. The molecule has 5 nitrogen and oxygen atoms in total. The minimum absolute atomic E-state index is 0.0339. The van der Waals surface area contributed by atoms with Crippen LogP contribution in [0.1, 0.15) is 38.5 Å². The SMILES string of the molecule is COc1ccccc1N1CC(C(=O)OC2CCCCC2)CC1=O. The van der Waals surface area contributed by atoms with Gasteiger partial charge in [-0.05, 0) is 37.8 Å². The summed E-state index contributed by atoms with van der Waals surface area (Å²) in [5, 5.41) is 0. The summed E-state index contributed by atoms with van der Waals surface area (Å²) in [4.78, 5) is 26.3. The van der Waals surface area contributed by atoms with Crippen LogP contribution in [0.15, 0.2) is 24.3 Å². The van der Waals surface area contributed by atoms with Crippen molar-refractivity contribution in [3.05, 3.63) is 24.3 Å². The Kier molecular flexibility index (Phi) is 4.84. The second kappa shape index (κ2) is 7.02. The highest BCUT2D eigenvalue weighted by Gasteiger charge is 2.38. The maximum absolute atomic E-state index is 12.4. The van der Waals surface area contributed by atoms with E-state index in [9.17, 15) is 9.59 Å². The van der Waals surface area contributed by atoms with Crippen LogP contribution in [-0.4, -0.2) is 31.6 Å². The van der Waals surface area contributed by atoms with E-state index < -0.39 is 0 Å². The molecule has 1 saturated heterocycles. The number of nitrogens with zero attached hydrogens (tertiary/aromatic N) is 1. The topological polar surface area (TPSA) is 55.8 Å². The van der Waals surface area contributed by atoms with Crippen molar-refractivity contribution in [1.29, 1.82) is 0 Å². The van der Waals surface area contributed by atoms with Crippen LogP contribution < -0.4 is 9.64 Å². The summed E-state index contributed by atoms with van der Waals surface area (Å²) in [7, 11) is 1.58. The molecule has 1 aliphatic heterocycles. The van der Waals surface area contributed by atoms with Gasteiger partial charge >= 0.3 is 5.97 Å². The lowest BCUT2D eigenvalue weighted by Crippen LogP contribution is -2.29. The van der Waals surface area contributed by atoms with E-state index >= 15 is 0 Å². The molecule has 1 aliphatic carbocycles. The van der Waals surface area contributed by atoms with E-state index in [4.69, 9.17) is 9.47 Å². The summed E-state index contributed by atoms with van der Waals surface area (Å²) in [6.45, 7) is 0.366. The third-order valence-electron chi connectivity index (χ3n) is 4.67. The molecule has 1 amide bonds. The maximum atomic E-state index is 12.4. The van der Waals surface area contributed by atoms with Crippen LogP contribution in [0, 0.1) is 5.92 Å². The van der Waals surface area contributed by atoms with E-state index in [1.54, 1.807) is 12.0 Å². The van der Waals surface area contributed by atoms with Gasteiger partial charge in [0.05, 0.1) is 18.7 Å². The highest BCUT2D eigenvalue weighted by molar-refractivity contribution is 6.00. The van der Waals surface area contributed by atoms with Crippen molar-refractivity contribution in [1.82, 2.24) is 0 Å². The zero-order valence-corrected chi connectivity index (χ0v) is 13.5. The molecule has 0 bridgehead atoms. The lowest BCUT2D eigenvalue weighted by Gasteiger charge is -2.23. The number of hydrogen-bond acceptors (Lipinski definition) is 4. The Balaban J connectivity index is 1.66. The summed E-state index contributed by atoms with van der Waals surface area (Å²) >= 11 is 0. The molecule has 2 aliphatic rings. The Hall–Kier alpha value is -2.04. The van der Waals surface area contributed by atoms with Gasteiger partial charge in [0.15, 0.2) is 0 Å². The molecule has 1 aromatic carbocycles. The predicted molar refractivity (Wildman–Crippen MR) is 86.4 cm³/mol. The van der Waals surface area contributed by atoms with Crippen molar-refractivity contribution < 1.29 is 19.1 Å². The molecule has 23 heavy (non-hydrogen) atoms. The molecule has 1 aromatic rings. The van der Waals surface area contributed by atoms with E-state index in [0.717, 1.165) is 25.7 Å². The second-order valence-corrected chi connectivity index (χ2v) is 6.27. The van der Waals surface area contributed by atoms with Gasteiger partial charge in [-0.1, -0.05) is 18.6 Å². The number of amides is 1. The Bertz CT molecular complexity index is 580. The Morgan fingerprint density at radius 1 is 1.17 bits per heavy atom. The zero-order chi connectivity index (χ0) is 16.2. The van der Waals surface area contributed by atoms with E-state index in [1.165, 1.54) is 6.42 Å². The van der Waals surface area contributed by atoms with E-state index in [-0.39, 0.29) is 30.3 Å². The van der Waals surface area contributed by atoms with E-state index in [1.807, 2.05) is 24.3 Å². The van der Waals surface area contributed by atoms with E-state index in [2.05, 4.69) is 0 Å². The van der Waals surface area contributed by atoms with Crippen LogP contribution in [0.3, 0.4) is 0 Å². The molecule has 0 spiro atoms. The number of carbonyl (C=O) groups is 2. The van der Waals surface area contributed by atoms with Gasteiger partial charge in [-0.25, -0.2) is 0 Å². The molecule has 124 valence electrons. The summed E-state index contributed by atoms with van der Waals surface area (Å²) in [5.41, 5.74) is 0.716. The van der Waals surface area contributed by atoms with Crippen molar-refractivity contribution in [2.75, 3.05) is 18.6 Å². The molecule has 1 unspecified atom stereocenters. The summed E-state index contributed by atoms with van der Waals surface area (Å²) in [6, 6.07) is 7.37. The standard InChI is InChI=1S/C18H23NO4/c1-22-16-10-6-5-9-15(16)19-12-13(11-17(19)20)18(21)23-14-7-3-2-4-8-14/h5-6,9-10,13-14H,2-4,7-8,11-12H2,1H3. The molecule has 1 heterocycles. The monoisotopic (exact) mass is 317 g/mol. The van der Waals surface area contributed by atoms with Crippen molar-refractivity contribution in [2.24, 2.45) is 5.92 Å². The fourth-order valence-electron chi connectivity index (χ4n) is 3.39. The first-order valence-corrected chi connectivity index (χ1v) is 8.33. The fraction of sp³-hybridized carbons (Fsp3) is 0.556. The first-order valence-electron chi connectivity index (χ1n) is 8.33. The van der Waals surface area contributed by atoms with Crippen LogP contribution in [0.4, 0.5) is 5.69 Å². The molecule has 0 aromatic heterocycles. The lowest BCUT2D eigenvalue weighted by molar-refractivity contribution is -0.155. The smallest absolute Gasteiger partial charge is 0.311 e. The first kappa shape index (κ1) is 15.8. The van der Waals surface area contributed by atoms with Gasteiger partial charge in [0.1, 0.15) is 11.9 Å². The number of methoxy groups -OCH3 is 1. The van der Waals surface area contributed by atoms with Gasteiger partial charge in [-0.15, -0.1) is 0 Å². The molecule has 3 rings (SSSR count). The van der Waals surface area contributed by atoms with Crippen LogP contribution in [-0.2, 0) is 14.3 Å². The summed E-state index contributed by atoms with van der Waals surface area (Å²) < 4.78 is 10.9. The van der Waals surface area contributed by atoms with Crippen LogP contribution in [0.2, 0.25) is 0 Å². The van der Waals surface area contributed by atoms with Gasteiger partial charge in [-0.2, -0.15) is 0 Å². The largest absolute Gasteiger partial charge is 0.495 e. The van der Waals surface area contributed by atoms with Crippen LogP contribution in [0.5, 0.6) is 5.75 Å². The molecule has 2 fully saturated rings. The number of carbonyl (C=O) groups excluding carboxylic acids is 2. The normalized spacial score (nSPS) is 22.2. The first-order chi connectivity index (χ1) is 11.2. The minimum Gasteiger partial charge on any atom is -0.495 e. The molecular formula is C18H23NO4. The number of esters is 1. The third-order valence-corrected chi connectivity index (χ3v) is 4.67. The Morgan fingerprint density at radius 3 is 2.65 bits per heavy atom. The quantitative estimate of drug-likeness (QED) is 0.801. The van der Waals surface area contributed by atoms with Crippen molar-refractivity contribution in [3.63, 3.8) is 0 Å². The number of rotatable bonds is 4. The van der Waals surface area contributed by atoms with E-state index in [0.29, 0.717) is 18.0 Å². The molecule has 0 N–H and O–H groups in total. The fourth-order valence-corrected chi connectivity index (χ4v) is 3.39. The number of benzene rings is 1. The molecule has 0 radical (unpaired) electrons. The summed E-state index contributed by atoms with van der Waals surface area (Å²) in [6.07, 6.45) is 5.60. The Labute approximate surface area is 136 Å². The van der Waals surface area contributed by atoms with Gasteiger partial charge < -0.3 is 14.4 Å². The number of para-hydroxylation sites is 2. The highest BCUT2D eigenvalue weighted by atomic mass is 16.5. The molecular weight excluding hydrogens is 294 g/mol. The second-order valence-electron chi connectivity index (χ2n) is 6.27. The minimum atomic E-state index is -0.380. The summed E-state index contributed by atoms with van der Waals surface area (Å²) in [5.74, 6) is -0.0285. The van der Waals surface area contributed by atoms with Gasteiger partial charge in [0.2, 0.25) is 5.91 Å². The Morgan fingerprint density at radius 2 is 1.91 bits per heavy atom. The van der Waals surface area contributed by atoms with Crippen molar-refractivity contribution in [3.8, 4) is 5.75 Å². The van der Waals surface area contributed by atoms with Gasteiger partial charge in [0.25, 0.3) is 0 Å². The maximum Gasteiger partial charge on any atom is 0.311 e. The van der Waals surface area contributed by atoms with Crippen LogP contribution in [0.25, 0.3) is 0 Å². The van der Waals surface area contributed by atoms with Gasteiger partial charge in [-0.3, -0.25) is 9.59 Å². The van der Waals surface area contributed by atoms with Gasteiger partial charge in [0, 0.05) is 13.0 Å².